The van der Waals surface area contributed by atoms with E-state index in [4.69, 9.17) is 27.6 Å². The van der Waals surface area contributed by atoms with E-state index in [1.165, 1.54) is 0 Å². The highest BCUT2D eigenvalue weighted by Gasteiger charge is 2.28. The fourth-order valence-electron chi connectivity index (χ4n) is 3.38. The standard InChI is InChI=1S/C19H19ClN6O/c20-13-2-4-16-17(7-13)26(10-14-3-1-12(8-21)9-23-14)19(24-16)25-6-5-18(27)15(22)11-25/h1-4,7,9,15,18,27H,5-6,10-11,22H2/t15-,18+/m1/s1. The molecule has 138 valence electrons. The number of aliphatic hydroxyl groups excluding tert-OH is 1. The third-order valence-corrected chi connectivity index (χ3v) is 5.10. The number of benzene rings is 1. The van der Waals surface area contributed by atoms with Crippen LogP contribution in [0.1, 0.15) is 17.7 Å². The first kappa shape index (κ1) is 17.7. The second-order valence-corrected chi connectivity index (χ2v) is 7.18. The highest BCUT2D eigenvalue weighted by atomic mass is 35.5. The minimum Gasteiger partial charge on any atom is -0.391 e. The second-order valence-electron chi connectivity index (χ2n) is 6.75. The molecule has 0 aliphatic carbocycles. The predicted molar refractivity (Wildman–Crippen MR) is 104 cm³/mol. The number of anilines is 1. The van der Waals surface area contributed by atoms with Gasteiger partial charge in [0.15, 0.2) is 0 Å². The van der Waals surface area contributed by atoms with Crippen LogP contribution < -0.4 is 10.6 Å². The summed E-state index contributed by atoms with van der Waals surface area (Å²) in [6, 6.07) is 10.9. The lowest BCUT2D eigenvalue weighted by Crippen LogP contribution is -2.52. The molecule has 0 radical (unpaired) electrons. The molecule has 0 bridgehead atoms. The van der Waals surface area contributed by atoms with Crippen LogP contribution in [0, 0.1) is 11.3 Å². The lowest BCUT2D eigenvalue weighted by molar-refractivity contribution is 0.124. The fourth-order valence-corrected chi connectivity index (χ4v) is 3.54. The highest BCUT2D eigenvalue weighted by Crippen LogP contribution is 2.28. The third kappa shape index (κ3) is 3.47. The van der Waals surface area contributed by atoms with Gasteiger partial charge in [0.2, 0.25) is 5.95 Å². The van der Waals surface area contributed by atoms with Crippen molar-refractivity contribution in [3.05, 3.63) is 52.8 Å². The van der Waals surface area contributed by atoms with E-state index < -0.39 is 6.10 Å². The number of fused-ring (bicyclic) bond motifs is 1. The number of aliphatic hydroxyl groups is 1. The monoisotopic (exact) mass is 382 g/mol. The normalized spacial score (nSPS) is 20.0. The van der Waals surface area contributed by atoms with Gasteiger partial charge in [-0.3, -0.25) is 4.98 Å². The Morgan fingerprint density at radius 1 is 1.33 bits per heavy atom. The molecule has 3 N–H and O–H groups in total. The Bertz CT molecular complexity index is 1010. The van der Waals surface area contributed by atoms with E-state index in [0.717, 1.165) is 22.7 Å². The Balaban J connectivity index is 1.76. The van der Waals surface area contributed by atoms with E-state index in [1.807, 2.05) is 24.3 Å². The molecule has 1 aliphatic rings. The number of hydrogen-bond acceptors (Lipinski definition) is 6. The number of piperidine rings is 1. The van der Waals surface area contributed by atoms with Crippen LogP contribution >= 0.6 is 11.6 Å². The van der Waals surface area contributed by atoms with Crippen molar-refractivity contribution in [3.8, 4) is 6.07 Å². The smallest absolute Gasteiger partial charge is 0.206 e. The van der Waals surface area contributed by atoms with Crippen LogP contribution in [0.15, 0.2) is 36.5 Å². The predicted octanol–water partition coefficient (Wildman–Crippen LogP) is 1.90. The maximum absolute atomic E-state index is 9.94. The molecular formula is C19H19ClN6O. The van der Waals surface area contributed by atoms with Crippen molar-refractivity contribution >= 4 is 28.6 Å². The van der Waals surface area contributed by atoms with Crippen molar-refractivity contribution in [2.24, 2.45) is 5.73 Å². The van der Waals surface area contributed by atoms with Gasteiger partial charge in [0.25, 0.3) is 0 Å². The maximum atomic E-state index is 9.94. The van der Waals surface area contributed by atoms with Crippen molar-refractivity contribution in [2.75, 3.05) is 18.0 Å². The first-order valence-corrected chi connectivity index (χ1v) is 9.12. The first-order valence-electron chi connectivity index (χ1n) is 8.74. The average molecular weight is 383 g/mol. The number of nitrogens with zero attached hydrogens (tertiary/aromatic N) is 5. The lowest BCUT2D eigenvalue weighted by atomic mass is 10.0. The minimum absolute atomic E-state index is 0.316. The summed E-state index contributed by atoms with van der Waals surface area (Å²) in [5.74, 6) is 0.778. The van der Waals surface area contributed by atoms with E-state index in [9.17, 15) is 5.11 Å². The largest absolute Gasteiger partial charge is 0.391 e. The van der Waals surface area contributed by atoms with Crippen LogP contribution in [0.5, 0.6) is 0 Å². The van der Waals surface area contributed by atoms with Crippen molar-refractivity contribution in [2.45, 2.75) is 25.1 Å². The number of nitriles is 1. The van der Waals surface area contributed by atoms with Gasteiger partial charge in [-0.15, -0.1) is 0 Å². The average Bonchev–Trinajstić information content (AvgIpc) is 3.02. The fraction of sp³-hybridized carbons (Fsp3) is 0.316. The van der Waals surface area contributed by atoms with E-state index in [2.05, 4.69) is 20.5 Å². The van der Waals surface area contributed by atoms with Gasteiger partial charge in [-0.1, -0.05) is 11.6 Å². The summed E-state index contributed by atoms with van der Waals surface area (Å²) in [4.78, 5) is 11.3. The Hall–Kier alpha value is -2.66. The molecule has 4 rings (SSSR count). The number of rotatable bonds is 3. The van der Waals surface area contributed by atoms with Gasteiger partial charge in [-0.05, 0) is 36.8 Å². The van der Waals surface area contributed by atoms with Crippen LogP contribution in [0.2, 0.25) is 5.02 Å². The molecule has 1 fully saturated rings. The van der Waals surface area contributed by atoms with Gasteiger partial charge in [0.05, 0.1) is 34.9 Å². The van der Waals surface area contributed by atoms with Crippen molar-refractivity contribution in [3.63, 3.8) is 0 Å². The van der Waals surface area contributed by atoms with E-state index in [1.54, 1.807) is 12.3 Å². The van der Waals surface area contributed by atoms with Crippen LogP contribution in [0.4, 0.5) is 5.95 Å². The summed E-state index contributed by atoms with van der Waals surface area (Å²) >= 11 is 6.21. The molecule has 0 spiro atoms. The molecule has 27 heavy (non-hydrogen) atoms. The van der Waals surface area contributed by atoms with Crippen LogP contribution in [-0.2, 0) is 6.54 Å². The summed E-state index contributed by atoms with van der Waals surface area (Å²) in [6.07, 6.45) is 1.67. The molecule has 3 aromatic rings. The number of hydrogen-bond donors (Lipinski definition) is 2. The molecular weight excluding hydrogens is 364 g/mol. The van der Waals surface area contributed by atoms with Crippen molar-refractivity contribution in [1.82, 2.24) is 14.5 Å². The van der Waals surface area contributed by atoms with Gasteiger partial charge in [-0.2, -0.15) is 5.26 Å². The number of pyridine rings is 1. The Morgan fingerprint density at radius 3 is 2.89 bits per heavy atom. The van der Waals surface area contributed by atoms with Crippen molar-refractivity contribution in [1.29, 1.82) is 5.26 Å². The molecule has 1 saturated heterocycles. The molecule has 1 aliphatic heterocycles. The van der Waals surface area contributed by atoms with E-state index >= 15 is 0 Å². The van der Waals surface area contributed by atoms with Gasteiger partial charge < -0.3 is 20.3 Å². The maximum Gasteiger partial charge on any atom is 0.206 e. The Labute approximate surface area is 161 Å². The molecule has 0 amide bonds. The van der Waals surface area contributed by atoms with Gasteiger partial charge in [0.1, 0.15) is 6.07 Å². The number of aromatic nitrogens is 3. The summed E-state index contributed by atoms with van der Waals surface area (Å²) in [5.41, 5.74) is 9.15. The third-order valence-electron chi connectivity index (χ3n) is 4.87. The molecule has 3 heterocycles. The number of nitrogens with two attached hydrogens (primary N) is 1. The zero-order chi connectivity index (χ0) is 19.0. The molecule has 2 aromatic heterocycles. The zero-order valence-electron chi connectivity index (χ0n) is 14.6. The van der Waals surface area contributed by atoms with E-state index in [-0.39, 0.29) is 6.04 Å². The zero-order valence-corrected chi connectivity index (χ0v) is 15.3. The summed E-state index contributed by atoms with van der Waals surface area (Å²) < 4.78 is 2.06. The molecule has 0 unspecified atom stereocenters. The van der Waals surface area contributed by atoms with Crippen LogP contribution in [0.3, 0.4) is 0 Å². The molecule has 7 nitrogen and oxygen atoms in total. The minimum atomic E-state index is -0.492. The molecule has 2 atom stereocenters. The Morgan fingerprint density at radius 2 is 2.19 bits per heavy atom. The number of imidazole rings is 1. The summed E-state index contributed by atoms with van der Waals surface area (Å²) in [6.45, 7) is 1.69. The quantitative estimate of drug-likeness (QED) is 0.717. The summed E-state index contributed by atoms with van der Waals surface area (Å²) in [5, 5.41) is 19.5. The highest BCUT2D eigenvalue weighted by molar-refractivity contribution is 6.31. The van der Waals surface area contributed by atoms with Crippen LogP contribution in [0.25, 0.3) is 11.0 Å². The molecule has 8 heteroatoms. The van der Waals surface area contributed by atoms with Crippen LogP contribution in [-0.4, -0.2) is 44.9 Å². The molecule has 1 aromatic carbocycles. The van der Waals surface area contributed by atoms with Crippen molar-refractivity contribution < 1.29 is 5.11 Å². The number of halogens is 1. The topological polar surface area (TPSA) is 104 Å². The van der Waals surface area contributed by atoms with Gasteiger partial charge in [0, 0.05) is 30.4 Å². The second kappa shape index (κ2) is 7.16. The lowest BCUT2D eigenvalue weighted by Gasteiger charge is -2.35. The van der Waals surface area contributed by atoms with Gasteiger partial charge >= 0.3 is 0 Å². The van der Waals surface area contributed by atoms with E-state index in [0.29, 0.717) is 36.6 Å². The SMILES string of the molecule is N#Cc1ccc(Cn2c(N3CC[C@H](O)[C@H](N)C3)nc3ccc(Cl)cc32)nc1. The molecule has 0 saturated carbocycles. The van der Waals surface area contributed by atoms with Gasteiger partial charge in [-0.25, -0.2) is 4.98 Å². The first-order chi connectivity index (χ1) is 13.0. The summed E-state index contributed by atoms with van der Waals surface area (Å²) in [7, 11) is 0. The Kier molecular flexibility index (Phi) is 4.70.